The molecule has 0 saturated heterocycles. The van der Waals surface area contributed by atoms with Gasteiger partial charge in [0.25, 0.3) is 0 Å². The molecule has 1 aromatic carbocycles. The molecule has 0 saturated carbocycles. The average Bonchev–Trinajstić information content (AvgIpc) is 3.28. The predicted octanol–water partition coefficient (Wildman–Crippen LogP) is 2.58. The number of aliphatic hydroxyl groups is 1. The third-order valence-electron chi connectivity index (χ3n) is 4.08. The maximum absolute atomic E-state index is 13.5. The summed E-state index contributed by atoms with van der Waals surface area (Å²) >= 11 is 0. The lowest BCUT2D eigenvalue weighted by Crippen LogP contribution is -2.44. The molecule has 8 nitrogen and oxygen atoms in total. The smallest absolute Gasteiger partial charge is 0.425 e. The zero-order valence-corrected chi connectivity index (χ0v) is 16.1. The highest BCUT2D eigenvalue weighted by Gasteiger charge is 2.58. The number of aromatic nitrogens is 2. The van der Waals surface area contributed by atoms with Gasteiger partial charge in [-0.05, 0) is 43.3 Å². The van der Waals surface area contributed by atoms with E-state index in [1.807, 2.05) is 0 Å². The molecule has 0 amide bonds. The number of furan rings is 1. The molecular formula is C17H15F4N3O5S. The number of sulfonamides is 1. The van der Waals surface area contributed by atoms with E-state index in [9.17, 15) is 31.1 Å². The van der Waals surface area contributed by atoms with Gasteiger partial charge in [0.15, 0.2) is 5.82 Å². The first-order valence-corrected chi connectivity index (χ1v) is 9.82. The van der Waals surface area contributed by atoms with Gasteiger partial charge in [0.1, 0.15) is 17.3 Å². The first-order chi connectivity index (χ1) is 13.9. The van der Waals surface area contributed by atoms with Crippen LogP contribution in [0.25, 0.3) is 0 Å². The van der Waals surface area contributed by atoms with E-state index in [0.29, 0.717) is 0 Å². The van der Waals surface area contributed by atoms with Crippen LogP contribution in [-0.2, 0) is 28.6 Å². The summed E-state index contributed by atoms with van der Waals surface area (Å²) in [4.78, 5) is 3.46. The zero-order chi connectivity index (χ0) is 22.2. The molecule has 0 spiro atoms. The van der Waals surface area contributed by atoms with E-state index in [2.05, 4.69) is 14.9 Å². The second-order valence-corrected chi connectivity index (χ2v) is 8.09. The summed E-state index contributed by atoms with van der Waals surface area (Å²) in [5.74, 6) is -2.06. The highest BCUT2D eigenvalue weighted by molar-refractivity contribution is 7.89. The molecule has 3 rings (SSSR count). The summed E-state index contributed by atoms with van der Waals surface area (Å²) in [6, 6.07) is 6.22. The lowest BCUT2D eigenvalue weighted by atomic mass is 9.96. The van der Waals surface area contributed by atoms with E-state index in [4.69, 9.17) is 8.94 Å². The fourth-order valence-corrected chi connectivity index (χ4v) is 3.47. The Kier molecular flexibility index (Phi) is 5.71. The maximum atomic E-state index is 13.5. The highest BCUT2D eigenvalue weighted by atomic mass is 32.2. The maximum Gasteiger partial charge on any atom is 0.425 e. The average molecular weight is 449 g/mol. The molecular weight excluding hydrogens is 434 g/mol. The van der Waals surface area contributed by atoms with Gasteiger partial charge in [-0.15, -0.1) is 0 Å². The molecule has 0 bridgehead atoms. The molecule has 0 fully saturated rings. The summed E-state index contributed by atoms with van der Waals surface area (Å²) in [5.41, 5.74) is -3.42. The Hall–Kier alpha value is -2.77. The van der Waals surface area contributed by atoms with Gasteiger partial charge in [-0.1, -0.05) is 5.16 Å². The van der Waals surface area contributed by atoms with Crippen LogP contribution >= 0.6 is 0 Å². The number of benzene rings is 1. The molecule has 0 aliphatic heterocycles. The Morgan fingerprint density at radius 1 is 1.13 bits per heavy atom. The van der Waals surface area contributed by atoms with E-state index in [1.54, 1.807) is 0 Å². The third-order valence-corrected chi connectivity index (χ3v) is 5.50. The molecule has 13 heteroatoms. The first kappa shape index (κ1) is 21.9. The molecule has 0 unspecified atom stereocenters. The summed E-state index contributed by atoms with van der Waals surface area (Å²) in [7, 11) is -4.05. The minimum absolute atomic E-state index is 0.161. The van der Waals surface area contributed by atoms with E-state index in [0.717, 1.165) is 30.3 Å². The lowest BCUT2D eigenvalue weighted by Gasteiger charge is -2.27. The highest BCUT2D eigenvalue weighted by Crippen LogP contribution is 2.41. The Balaban J connectivity index is 1.74. The fraction of sp³-hybridized carbons (Fsp3) is 0.294. The number of rotatable bonds is 7. The summed E-state index contributed by atoms with van der Waals surface area (Å²) in [6.45, 7) is 0.909. The van der Waals surface area contributed by atoms with Crippen molar-refractivity contribution < 1.29 is 40.0 Å². The van der Waals surface area contributed by atoms with Crippen molar-refractivity contribution >= 4 is 10.0 Å². The number of hydrogen-bond donors (Lipinski definition) is 2. The number of nitrogens with one attached hydrogen (secondary N) is 1. The Morgan fingerprint density at radius 2 is 1.80 bits per heavy atom. The largest absolute Gasteiger partial charge is 0.463 e. The van der Waals surface area contributed by atoms with Crippen molar-refractivity contribution in [3.8, 4) is 0 Å². The van der Waals surface area contributed by atoms with Gasteiger partial charge in [-0.3, -0.25) is 0 Å². The number of aryl methyl sites for hydroxylation is 1. The first-order valence-electron chi connectivity index (χ1n) is 8.33. The lowest BCUT2D eigenvalue weighted by molar-refractivity contribution is -0.273. The molecule has 2 aromatic heterocycles. The normalized spacial score (nSPS) is 14.6. The van der Waals surface area contributed by atoms with Gasteiger partial charge in [-0.25, -0.2) is 17.5 Å². The number of alkyl halides is 3. The van der Waals surface area contributed by atoms with Crippen molar-refractivity contribution in [1.29, 1.82) is 0 Å². The standard InChI is InChI=1S/C17H15F4N3O5S/c1-10-2-7-13(28-10)16(25,17(19,20)21)8-15-23-14(24-29-15)9-22-30(26,27)12-5-3-11(18)4-6-12/h2-7,22,25H,8-9H2,1H3/t16-/m0/s1. The Morgan fingerprint density at radius 3 is 2.37 bits per heavy atom. The third kappa shape index (κ3) is 4.52. The van der Waals surface area contributed by atoms with Crippen molar-refractivity contribution in [2.45, 2.75) is 36.6 Å². The van der Waals surface area contributed by atoms with Crippen LogP contribution in [0, 0.1) is 12.7 Å². The Labute approximate surface area is 167 Å². The van der Waals surface area contributed by atoms with Crippen molar-refractivity contribution in [3.05, 3.63) is 65.5 Å². The molecule has 3 aromatic rings. The van der Waals surface area contributed by atoms with E-state index < -0.39 is 52.2 Å². The SMILES string of the molecule is Cc1ccc([C@@](O)(Cc2nc(CNS(=O)(=O)c3ccc(F)cc3)no2)C(F)(F)F)o1. The molecule has 30 heavy (non-hydrogen) atoms. The summed E-state index contributed by atoms with van der Waals surface area (Å²) in [6.07, 6.45) is -6.25. The van der Waals surface area contributed by atoms with Crippen LogP contribution in [-0.4, -0.2) is 29.8 Å². The zero-order valence-electron chi connectivity index (χ0n) is 15.3. The molecule has 162 valence electrons. The van der Waals surface area contributed by atoms with E-state index in [-0.39, 0.29) is 16.5 Å². The van der Waals surface area contributed by atoms with Crippen LogP contribution in [0.15, 0.2) is 50.2 Å². The van der Waals surface area contributed by atoms with Gasteiger partial charge >= 0.3 is 6.18 Å². The van der Waals surface area contributed by atoms with Gasteiger partial charge in [-0.2, -0.15) is 18.2 Å². The Bertz CT molecular complexity index is 1120. The van der Waals surface area contributed by atoms with Gasteiger partial charge in [0, 0.05) is 0 Å². The van der Waals surface area contributed by atoms with Gasteiger partial charge in [0.2, 0.25) is 21.5 Å². The van der Waals surface area contributed by atoms with Crippen LogP contribution in [0.2, 0.25) is 0 Å². The van der Waals surface area contributed by atoms with Gasteiger partial charge in [0.05, 0.1) is 17.9 Å². The van der Waals surface area contributed by atoms with E-state index >= 15 is 0 Å². The molecule has 0 aliphatic rings. The number of halogens is 4. The van der Waals surface area contributed by atoms with Crippen molar-refractivity contribution in [2.75, 3.05) is 0 Å². The van der Waals surface area contributed by atoms with Crippen LogP contribution in [0.3, 0.4) is 0 Å². The van der Waals surface area contributed by atoms with E-state index in [1.165, 1.54) is 13.0 Å². The fourth-order valence-electron chi connectivity index (χ4n) is 2.49. The minimum Gasteiger partial charge on any atom is -0.463 e. The molecule has 0 aliphatic carbocycles. The predicted molar refractivity (Wildman–Crippen MR) is 91.8 cm³/mol. The second-order valence-electron chi connectivity index (χ2n) is 6.33. The van der Waals surface area contributed by atoms with Crippen LogP contribution in [0.4, 0.5) is 17.6 Å². The molecule has 1 atom stereocenters. The van der Waals surface area contributed by atoms with Crippen LogP contribution in [0.1, 0.15) is 23.2 Å². The quantitative estimate of drug-likeness (QED) is 0.532. The monoisotopic (exact) mass is 449 g/mol. The molecule has 0 radical (unpaired) electrons. The van der Waals surface area contributed by atoms with Crippen molar-refractivity contribution in [1.82, 2.24) is 14.9 Å². The number of nitrogens with zero attached hydrogens (tertiary/aromatic N) is 2. The number of hydrogen-bond acceptors (Lipinski definition) is 7. The summed E-state index contributed by atoms with van der Waals surface area (Å²) in [5, 5.41) is 13.6. The van der Waals surface area contributed by atoms with Gasteiger partial charge < -0.3 is 14.0 Å². The molecule has 2 heterocycles. The van der Waals surface area contributed by atoms with Crippen LogP contribution < -0.4 is 4.72 Å². The van der Waals surface area contributed by atoms with Crippen LogP contribution in [0.5, 0.6) is 0 Å². The van der Waals surface area contributed by atoms with Crippen molar-refractivity contribution in [2.24, 2.45) is 0 Å². The molecule has 2 N–H and O–H groups in total. The topological polar surface area (TPSA) is 118 Å². The minimum atomic E-state index is -5.11. The summed E-state index contributed by atoms with van der Waals surface area (Å²) < 4.78 is 89.5. The van der Waals surface area contributed by atoms with Crippen molar-refractivity contribution in [3.63, 3.8) is 0 Å². The second kappa shape index (κ2) is 7.81.